The second-order valence-electron chi connectivity index (χ2n) is 4.15. The number of furan rings is 1. The molecule has 0 atom stereocenters. The quantitative estimate of drug-likeness (QED) is 0.466. The van der Waals surface area contributed by atoms with Crippen molar-refractivity contribution in [2.75, 3.05) is 6.54 Å². The molecule has 0 bridgehead atoms. The maximum absolute atomic E-state index is 5.27. The van der Waals surface area contributed by atoms with Crippen LogP contribution in [0, 0.1) is 0 Å². The molecule has 2 rings (SSSR count). The third kappa shape index (κ3) is 5.24. The summed E-state index contributed by atoms with van der Waals surface area (Å²) < 4.78 is 7.04. The maximum Gasteiger partial charge on any atom is 0.191 e. The topological polar surface area (TPSA) is 67.4 Å². The SMILES string of the molecule is CCNC(=NCc1cnn(C)c1)NCc1ccco1.I. The lowest BCUT2D eigenvalue weighted by Crippen LogP contribution is -2.36. The van der Waals surface area contributed by atoms with E-state index >= 15 is 0 Å². The third-order valence-corrected chi connectivity index (χ3v) is 2.53. The van der Waals surface area contributed by atoms with E-state index in [2.05, 4.69) is 20.7 Å². The van der Waals surface area contributed by atoms with Crippen LogP contribution in [0.1, 0.15) is 18.2 Å². The second-order valence-corrected chi connectivity index (χ2v) is 4.15. The standard InChI is InChI=1S/C13H19N5O.HI/c1-3-14-13(16-9-12-5-4-6-19-12)15-7-11-8-17-18(2)10-11;/h4-6,8,10H,3,7,9H2,1-2H3,(H2,14,15,16);1H. The van der Waals surface area contributed by atoms with Gasteiger partial charge in [-0.2, -0.15) is 5.10 Å². The number of hydrogen-bond acceptors (Lipinski definition) is 3. The minimum atomic E-state index is 0. The van der Waals surface area contributed by atoms with Gasteiger partial charge < -0.3 is 15.1 Å². The van der Waals surface area contributed by atoms with E-state index in [1.54, 1.807) is 10.9 Å². The average Bonchev–Trinajstić information content (AvgIpc) is 3.04. The first kappa shape index (κ1) is 16.5. The van der Waals surface area contributed by atoms with Crippen molar-refractivity contribution in [3.63, 3.8) is 0 Å². The van der Waals surface area contributed by atoms with E-state index in [4.69, 9.17) is 4.42 Å². The van der Waals surface area contributed by atoms with Crippen LogP contribution < -0.4 is 10.6 Å². The fourth-order valence-corrected chi connectivity index (χ4v) is 1.65. The van der Waals surface area contributed by atoms with Gasteiger partial charge in [0.05, 0.1) is 25.5 Å². The smallest absolute Gasteiger partial charge is 0.191 e. The van der Waals surface area contributed by atoms with Crippen LogP contribution >= 0.6 is 24.0 Å². The highest BCUT2D eigenvalue weighted by molar-refractivity contribution is 14.0. The van der Waals surface area contributed by atoms with Crippen LogP contribution in [0.4, 0.5) is 0 Å². The summed E-state index contributed by atoms with van der Waals surface area (Å²) in [5, 5.41) is 10.5. The van der Waals surface area contributed by atoms with E-state index in [1.165, 1.54) is 0 Å². The van der Waals surface area contributed by atoms with E-state index in [0.29, 0.717) is 13.1 Å². The molecule has 0 unspecified atom stereocenters. The van der Waals surface area contributed by atoms with Crippen LogP contribution in [0.5, 0.6) is 0 Å². The molecule has 0 amide bonds. The summed E-state index contributed by atoms with van der Waals surface area (Å²) in [6.45, 7) is 4.07. The molecule has 2 aromatic heterocycles. The van der Waals surface area contributed by atoms with Gasteiger partial charge in [0.15, 0.2) is 5.96 Å². The molecule has 0 saturated heterocycles. The van der Waals surface area contributed by atoms with Crippen molar-refractivity contribution in [2.24, 2.45) is 12.0 Å². The van der Waals surface area contributed by atoms with Crippen LogP contribution in [-0.2, 0) is 20.1 Å². The van der Waals surface area contributed by atoms with Crippen molar-refractivity contribution in [1.29, 1.82) is 0 Å². The molecule has 2 heterocycles. The Kier molecular flexibility index (Phi) is 7.13. The lowest BCUT2D eigenvalue weighted by Gasteiger charge is -2.09. The normalized spacial score (nSPS) is 11.0. The molecule has 0 saturated carbocycles. The fourth-order valence-electron chi connectivity index (χ4n) is 1.65. The van der Waals surface area contributed by atoms with Gasteiger partial charge >= 0.3 is 0 Å². The monoisotopic (exact) mass is 389 g/mol. The van der Waals surface area contributed by atoms with Crippen molar-refractivity contribution in [3.8, 4) is 0 Å². The molecule has 0 spiro atoms. The molecule has 0 aliphatic heterocycles. The van der Waals surface area contributed by atoms with Crippen molar-refractivity contribution in [3.05, 3.63) is 42.1 Å². The molecule has 0 aromatic carbocycles. The lowest BCUT2D eigenvalue weighted by atomic mass is 10.4. The Bertz CT molecular complexity index is 521. The molecular weight excluding hydrogens is 369 g/mol. The number of halogens is 1. The van der Waals surface area contributed by atoms with E-state index in [0.717, 1.165) is 23.8 Å². The summed E-state index contributed by atoms with van der Waals surface area (Å²) in [4.78, 5) is 4.50. The number of hydrogen-bond donors (Lipinski definition) is 2. The first-order valence-corrected chi connectivity index (χ1v) is 6.30. The van der Waals surface area contributed by atoms with Crippen molar-refractivity contribution < 1.29 is 4.42 Å². The number of nitrogens with one attached hydrogen (secondary N) is 2. The first-order valence-electron chi connectivity index (χ1n) is 6.30. The number of guanidine groups is 1. The highest BCUT2D eigenvalue weighted by atomic mass is 127. The van der Waals surface area contributed by atoms with Gasteiger partial charge in [-0.15, -0.1) is 24.0 Å². The number of aryl methyl sites for hydroxylation is 1. The van der Waals surface area contributed by atoms with Crippen molar-refractivity contribution in [1.82, 2.24) is 20.4 Å². The molecule has 0 aliphatic carbocycles. The second kappa shape index (κ2) is 8.62. The Hall–Kier alpha value is -1.51. The molecule has 110 valence electrons. The van der Waals surface area contributed by atoms with Crippen LogP contribution in [-0.4, -0.2) is 22.3 Å². The number of aromatic nitrogens is 2. The Balaban J connectivity index is 0.00000200. The molecule has 6 nitrogen and oxygen atoms in total. The number of nitrogens with zero attached hydrogens (tertiary/aromatic N) is 3. The van der Waals surface area contributed by atoms with Gasteiger partial charge in [-0.1, -0.05) is 0 Å². The summed E-state index contributed by atoms with van der Waals surface area (Å²) in [5.74, 6) is 1.65. The van der Waals surface area contributed by atoms with Gasteiger partial charge in [0.2, 0.25) is 0 Å². The molecule has 7 heteroatoms. The number of rotatable bonds is 5. The first-order chi connectivity index (χ1) is 9.28. The fraction of sp³-hybridized carbons (Fsp3) is 0.385. The molecule has 0 radical (unpaired) electrons. The van der Waals surface area contributed by atoms with Gasteiger partial charge in [-0.25, -0.2) is 4.99 Å². The molecular formula is C13H20IN5O. The van der Waals surface area contributed by atoms with Gasteiger partial charge in [0.1, 0.15) is 5.76 Å². The predicted octanol–water partition coefficient (Wildman–Crippen LogP) is 1.89. The van der Waals surface area contributed by atoms with Crippen molar-refractivity contribution >= 4 is 29.9 Å². The van der Waals surface area contributed by atoms with Gasteiger partial charge in [-0.3, -0.25) is 4.68 Å². The van der Waals surface area contributed by atoms with E-state index < -0.39 is 0 Å². The Morgan fingerprint density at radius 3 is 2.90 bits per heavy atom. The molecule has 0 aliphatic rings. The highest BCUT2D eigenvalue weighted by Gasteiger charge is 2.00. The summed E-state index contributed by atoms with van der Waals surface area (Å²) >= 11 is 0. The highest BCUT2D eigenvalue weighted by Crippen LogP contribution is 2.00. The van der Waals surface area contributed by atoms with E-state index in [1.807, 2.05) is 38.5 Å². The largest absolute Gasteiger partial charge is 0.467 e. The Morgan fingerprint density at radius 2 is 2.30 bits per heavy atom. The Morgan fingerprint density at radius 1 is 1.45 bits per heavy atom. The minimum absolute atomic E-state index is 0. The third-order valence-electron chi connectivity index (χ3n) is 2.53. The minimum Gasteiger partial charge on any atom is -0.467 e. The van der Waals surface area contributed by atoms with Crippen LogP contribution in [0.15, 0.2) is 40.2 Å². The van der Waals surface area contributed by atoms with Crippen LogP contribution in [0.3, 0.4) is 0 Å². The number of aliphatic imine (C=N–C) groups is 1. The summed E-state index contributed by atoms with van der Waals surface area (Å²) in [7, 11) is 1.90. The van der Waals surface area contributed by atoms with Crippen LogP contribution in [0.2, 0.25) is 0 Å². The summed E-state index contributed by atoms with van der Waals surface area (Å²) in [6, 6.07) is 3.80. The van der Waals surface area contributed by atoms with E-state index in [-0.39, 0.29) is 24.0 Å². The van der Waals surface area contributed by atoms with Gasteiger partial charge in [0, 0.05) is 25.4 Å². The Labute approximate surface area is 135 Å². The maximum atomic E-state index is 5.27. The molecule has 2 aromatic rings. The summed E-state index contributed by atoms with van der Waals surface area (Å²) in [6.07, 6.45) is 5.44. The average molecular weight is 389 g/mol. The van der Waals surface area contributed by atoms with Crippen LogP contribution in [0.25, 0.3) is 0 Å². The van der Waals surface area contributed by atoms with Gasteiger partial charge in [0.25, 0.3) is 0 Å². The summed E-state index contributed by atoms with van der Waals surface area (Å²) in [5.41, 5.74) is 1.08. The zero-order valence-electron chi connectivity index (χ0n) is 11.7. The van der Waals surface area contributed by atoms with E-state index in [9.17, 15) is 0 Å². The molecule has 2 N–H and O–H groups in total. The molecule has 20 heavy (non-hydrogen) atoms. The zero-order valence-corrected chi connectivity index (χ0v) is 14.0. The molecule has 0 fully saturated rings. The van der Waals surface area contributed by atoms with Gasteiger partial charge in [-0.05, 0) is 19.1 Å². The predicted molar refractivity (Wildman–Crippen MR) is 89.0 cm³/mol. The lowest BCUT2D eigenvalue weighted by molar-refractivity contribution is 0.501. The zero-order chi connectivity index (χ0) is 13.5. The van der Waals surface area contributed by atoms with Crippen molar-refractivity contribution in [2.45, 2.75) is 20.0 Å².